The summed E-state index contributed by atoms with van der Waals surface area (Å²) in [5, 5.41) is 1.19. The number of fused-ring (bicyclic) bond motifs is 1. The lowest BCUT2D eigenvalue weighted by Gasteiger charge is -2.12. The second kappa shape index (κ2) is 2.57. The van der Waals surface area contributed by atoms with E-state index in [2.05, 4.69) is 6.58 Å². The molecule has 3 heteroatoms. The summed E-state index contributed by atoms with van der Waals surface area (Å²) >= 11 is 0. The van der Waals surface area contributed by atoms with Gasteiger partial charge in [-0.25, -0.2) is 8.42 Å². The van der Waals surface area contributed by atoms with Gasteiger partial charge in [0.2, 0.25) is 0 Å². The molecule has 1 aliphatic heterocycles. The van der Waals surface area contributed by atoms with Crippen LogP contribution in [0.1, 0.15) is 5.56 Å². The van der Waals surface area contributed by atoms with Gasteiger partial charge >= 0.3 is 0 Å². The third kappa shape index (κ3) is 1.21. The predicted octanol–water partition coefficient (Wildman–Crippen LogP) is 2.00. The number of hydrogen-bond acceptors (Lipinski definition) is 2. The van der Waals surface area contributed by atoms with E-state index in [1.54, 1.807) is 24.3 Å². The van der Waals surface area contributed by atoms with Crippen LogP contribution in [0.4, 0.5) is 0 Å². The normalized spacial score (nSPS) is 18.3. The quantitative estimate of drug-likeness (QED) is 0.630. The third-order valence-corrected chi connectivity index (χ3v) is 3.45. The number of allylic oxidation sites excluding steroid dienone is 2. The maximum atomic E-state index is 11.5. The van der Waals surface area contributed by atoms with E-state index >= 15 is 0 Å². The maximum absolute atomic E-state index is 11.5. The van der Waals surface area contributed by atoms with Crippen molar-refractivity contribution in [3.05, 3.63) is 47.9 Å². The Kier molecular flexibility index (Phi) is 1.63. The van der Waals surface area contributed by atoms with Crippen LogP contribution in [0.5, 0.6) is 0 Å². The molecule has 66 valence electrons. The molecular formula is C10H8O2S. The number of benzene rings is 1. The van der Waals surface area contributed by atoms with Crippen molar-refractivity contribution in [3.8, 4) is 0 Å². The molecule has 0 saturated carbocycles. The van der Waals surface area contributed by atoms with Gasteiger partial charge in [-0.1, -0.05) is 24.8 Å². The van der Waals surface area contributed by atoms with Crippen LogP contribution in [0.3, 0.4) is 0 Å². The van der Waals surface area contributed by atoms with E-state index in [4.69, 9.17) is 0 Å². The second-order valence-electron chi connectivity index (χ2n) is 2.87. The monoisotopic (exact) mass is 192 g/mol. The molecule has 1 aromatic carbocycles. The number of rotatable bonds is 0. The van der Waals surface area contributed by atoms with Gasteiger partial charge in [0.15, 0.2) is 9.84 Å². The van der Waals surface area contributed by atoms with E-state index in [0.717, 1.165) is 5.57 Å². The van der Waals surface area contributed by atoms with Gasteiger partial charge in [-0.15, -0.1) is 0 Å². The van der Waals surface area contributed by atoms with Crippen molar-refractivity contribution in [2.24, 2.45) is 0 Å². The molecule has 0 aliphatic carbocycles. The fraction of sp³-hybridized carbons (Fsp3) is 0. The summed E-state index contributed by atoms with van der Waals surface area (Å²) in [6.07, 6.45) is 1.53. The minimum Gasteiger partial charge on any atom is -0.219 e. The Hall–Kier alpha value is -1.35. The third-order valence-electron chi connectivity index (χ3n) is 1.99. The van der Waals surface area contributed by atoms with Crippen molar-refractivity contribution in [2.75, 3.05) is 0 Å². The molecule has 0 radical (unpaired) electrons. The molecule has 0 N–H and O–H groups in total. The van der Waals surface area contributed by atoms with Crippen LogP contribution in [0.15, 0.2) is 47.2 Å². The summed E-state index contributed by atoms with van der Waals surface area (Å²) in [6.45, 7) is 3.77. The summed E-state index contributed by atoms with van der Waals surface area (Å²) in [5.41, 5.74) is 1.44. The predicted molar refractivity (Wildman–Crippen MR) is 51.8 cm³/mol. The van der Waals surface area contributed by atoms with Gasteiger partial charge in [0.25, 0.3) is 0 Å². The molecule has 2 nitrogen and oxygen atoms in total. The van der Waals surface area contributed by atoms with E-state index in [-0.39, 0.29) is 0 Å². The molecule has 0 atom stereocenters. The van der Waals surface area contributed by atoms with E-state index in [1.807, 2.05) is 0 Å². The van der Waals surface area contributed by atoms with Gasteiger partial charge in [-0.05, 0) is 17.7 Å². The first-order valence-corrected chi connectivity index (χ1v) is 5.37. The fourth-order valence-corrected chi connectivity index (χ4v) is 2.58. The Morgan fingerprint density at radius 1 is 1.15 bits per heavy atom. The highest BCUT2D eigenvalue weighted by Gasteiger charge is 2.19. The van der Waals surface area contributed by atoms with Crippen molar-refractivity contribution >= 4 is 15.4 Å². The zero-order valence-corrected chi connectivity index (χ0v) is 7.71. The Balaban J connectivity index is 2.83. The molecule has 13 heavy (non-hydrogen) atoms. The molecular weight excluding hydrogens is 184 g/mol. The summed E-state index contributed by atoms with van der Waals surface area (Å²) in [4.78, 5) is 0.350. The van der Waals surface area contributed by atoms with Crippen LogP contribution in [-0.4, -0.2) is 8.42 Å². The van der Waals surface area contributed by atoms with Gasteiger partial charge in [0.05, 0.1) is 4.90 Å². The van der Waals surface area contributed by atoms with E-state index in [0.29, 0.717) is 10.5 Å². The molecule has 0 aromatic heterocycles. The van der Waals surface area contributed by atoms with Crippen molar-refractivity contribution < 1.29 is 8.42 Å². The first-order chi connectivity index (χ1) is 6.11. The van der Waals surface area contributed by atoms with Crippen LogP contribution < -0.4 is 0 Å². The molecule has 0 bridgehead atoms. The molecule has 0 spiro atoms. The lowest BCUT2D eigenvalue weighted by Crippen LogP contribution is -2.04. The van der Waals surface area contributed by atoms with Gasteiger partial charge in [-0.3, -0.25) is 0 Å². The summed E-state index contributed by atoms with van der Waals surface area (Å²) < 4.78 is 23.0. The van der Waals surface area contributed by atoms with E-state index in [1.165, 1.54) is 11.5 Å². The molecule has 0 amide bonds. The SMILES string of the molecule is C=C1C=CS(=O)(=O)c2ccccc21. The molecule has 0 saturated heterocycles. The van der Waals surface area contributed by atoms with E-state index < -0.39 is 9.84 Å². The van der Waals surface area contributed by atoms with Crippen LogP contribution in [0.2, 0.25) is 0 Å². The zero-order valence-electron chi connectivity index (χ0n) is 6.90. The average molecular weight is 192 g/mol. The van der Waals surface area contributed by atoms with Gasteiger partial charge in [-0.2, -0.15) is 0 Å². The first-order valence-electron chi connectivity index (χ1n) is 3.83. The lowest BCUT2D eigenvalue weighted by atomic mass is 10.1. The lowest BCUT2D eigenvalue weighted by molar-refractivity contribution is 0.604. The second-order valence-corrected chi connectivity index (χ2v) is 4.67. The number of hydrogen-bond donors (Lipinski definition) is 0. The summed E-state index contributed by atoms with van der Waals surface area (Å²) in [7, 11) is -3.22. The highest BCUT2D eigenvalue weighted by Crippen LogP contribution is 2.29. The van der Waals surface area contributed by atoms with Crippen molar-refractivity contribution in [1.29, 1.82) is 0 Å². The van der Waals surface area contributed by atoms with Crippen LogP contribution >= 0.6 is 0 Å². The molecule has 0 unspecified atom stereocenters. The molecule has 2 rings (SSSR count). The highest BCUT2D eigenvalue weighted by molar-refractivity contribution is 7.94. The van der Waals surface area contributed by atoms with Crippen molar-refractivity contribution in [3.63, 3.8) is 0 Å². The maximum Gasteiger partial charge on any atom is 0.200 e. The fourth-order valence-electron chi connectivity index (χ4n) is 1.31. The van der Waals surface area contributed by atoms with Crippen LogP contribution in [0.25, 0.3) is 5.57 Å². The Morgan fingerprint density at radius 3 is 2.54 bits per heavy atom. The van der Waals surface area contributed by atoms with Crippen LogP contribution in [-0.2, 0) is 9.84 Å². The summed E-state index contributed by atoms with van der Waals surface area (Å²) in [6, 6.07) is 6.87. The molecule has 1 aliphatic rings. The Bertz CT molecular complexity index is 495. The standard InChI is InChI=1S/C10H8O2S/c1-8-6-7-13(11,12)10-5-3-2-4-9(8)10/h2-7H,1H2. The van der Waals surface area contributed by atoms with E-state index in [9.17, 15) is 8.42 Å². The zero-order chi connectivity index (χ0) is 9.47. The largest absolute Gasteiger partial charge is 0.219 e. The minimum absolute atomic E-state index is 0.350. The minimum atomic E-state index is -3.22. The van der Waals surface area contributed by atoms with Gasteiger partial charge in [0, 0.05) is 11.0 Å². The summed E-state index contributed by atoms with van der Waals surface area (Å²) in [5.74, 6) is 0. The number of sulfone groups is 1. The van der Waals surface area contributed by atoms with Crippen molar-refractivity contribution in [2.45, 2.75) is 4.90 Å². The first kappa shape index (κ1) is 8.26. The topological polar surface area (TPSA) is 34.1 Å². The smallest absolute Gasteiger partial charge is 0.200 e. The molecule has 1 heterocycles. The van der Waals surface area contributed by atoms with Crippen molar-refractivity contribution in [1.82, 2.24) is 0 Å². The van der Waals surface area contributed by atoms with Crippen LogP contribution in [0, 0.1) is 0 Å². The molecule has 0 fully saturated rings. The van der Waals surface area contributed by atoms with Gasteiger partial charge < -0.3 is 0 Å². The Morgan fingerprint density at radius 2 is 1.85 bits per heavy atom. The average Bonchev–Trinajstić information content (AvgIpc) is 2.13. The highest BCUT2D eigenvalue weighted by atomic mass is 32.2. The van der Waals surface area contributed by atoms with Gasteiger partial charge in [0.1, 0.15) is 0 Å². The Labute approximate surface area is 77.1 Å². The molecule has 1 aromatic rings.